The highest BCUT2D eigenvalue weighted by molar-refractivity contribution is 7.93. The van der Waals surface area contributed by atoms with Gasteiger partial charge in [-0.05, 0) is 31.2 Å². The van der Waals surface area contributed by atoms with Crippen molar-refractivity contribution in [2.45, 2.75) is 23.3 Å². The molecule has 2 N–H and O–H groups in total. The highest BCUT2D eigenvalue weighted by Crippen LogP contribution is 2.21. The lowest BCUT2D eigenvalue weighted by molar-refractivity contribution is 0.599. The molecule has 2 aromatic heterocycles. The Balaban J connectivity index is 1.77. The summed E-state index contributed by atoms with van der Waals surface area (Å²) in [6.07, 6.45) is 4.16. The van der Waals surface area contributed by atoms with E-state index in [0.29, 0.717) is 6.54 Å². The maximum Gasteiger partial charge on any atom is 0.265 e. The standard InChI is InChI=1S/C14H15N5O4S3/c1-2-19-10-13(9-16-19)26(22,23)17-11-3-5-12(6-4-11)25(20,21)18-14-15-7-8-24-14/h3-10,17H,2H2,1H3,(H,15,18). The molecule has 0 aliphatic carbocycles. The van der Waals surface area contributed by atoms with E-state index in [0.717, 1.165) is 11.3 Å². The molecule has 0 saturated carbocycles. The molecule has 1 aromatic carbocycles. The summed E-state index contributed by atoms with van der Waals surface area (Å²) >= 11 is 1.16. The molecule has 0 aliphatic rings. The number of aryl methyl sites for hydroxylation is 1. The molecular formula is C14H15N5O4S3. The van der Waals surface area contributed by atoms with Crippen LogP contribution in [0.5, 0.6) is 0 Å². The van der Waals surface area contributed by atoms with Crippen LogP contribution in [0.1, 0.15) is 6.92 Å². The van der Waals surface area contributed by atoms with Crippen LogP contribution in [-0.4, -0.2) is 31.6 Å². The molecule has 0 aliphatic heterocycles. The third-order valence-corrected chi connectivity index (χ3v) is 6.82. The van der Waals surface area contributed by atoms with Crippen LogP contribution in [0.2, 0.25) is 0 Å². The van der Waals surface area contributed by atoms with Gasteiger partial charge in [0.05, 0.1) is 11.1 Å². The van der Waals surface area contributed by atoms with E-state index in [-0.39, 0.29) is 20.6 Å². The van der Waals surface area contributed by atoms with Crippen molar-refractivity contribution in [1.82, 2.24) is 14.8 Å². The van der Waals surface area contributed by atoms with Crippen molar-refractivity contribution in [3.8, 4) is 0 Å². The summed E-state index contributed by atoms with van der Waals surface area (Å²) in [5.74, 6) is 0. The normalized spacial score (nSPS) is 12.0. The van der Waals surface area contributed by atoms with Crippen LogP contribution in [0.4, 0.5) is 10.8 Å². The minimum atomic E-state index is -3.80. The first-order valence-corrected chi connectivity index (χ1v) is 11.2. The topological polar surface area (TPSA) is 123 Å². The number of anilines is 2. The van der Waals surface area contributed by atoms with Gasteiger partial charge in [-0.3, -0.25) is 14.1 Å². The molecule has 0 radical (unpaired) electrons. The number of aromatic nitrogens is 3. The average molecular weight is 414 g/mol. The Hall–Kier alpha value is -2.44. The Morgan fingerprint density at radius 3 is 2.31 bits per heavy atom. The Bertz CT molecular complexity index is 1090. The second-order valence-corrected chi connectivity index (χ2v) is 9.36. The van der Waals surface area contributed by atoms with Crippen molar-refractivity contribution < 1.29 is 16.8 Å². The molecule has 2 heterocycles. The number of thiazole rings is 1. The summed E-state index contributed by atoms with van der Waals surface area (Å²) < 4.78 is 55.4. The zero-order chi connectivity index (χ0) is 18.8. The van der Waals surface area contributed by atoms with Gasteiger partial charge in [0.2, 0.25) is 0 Å². The van der Waals surface area contributed by atoms with Crippen molar-refractivity contribution in [1.29, 1.82) is 0 Å². The first-order chi connectivity index (χ1) is 12.3. The highest BCUT2D eigenvalue weighted by Gasteiger charge is 2.18. The minimum Gasteiger partial charge on any atom is -0.280 e. The maximum absolute atomic E-state index is 12.3. The molecule has 0 unspecified atom stereocenters. The fraction of sp³-hybridized carbons (Fsp3) is 0.143. The molecule has 0 fully saturated rings. The monoisotopic (exact) mass is 413 g/mol. The van der Waals surface area contributed by atoms with E-state index in [1.54, 1.807) is 5.38 Å². The second-order valence-electron chi connectivity index (χ2n) is 5.10. The van der Waals surface area contributed by atoms with Gasteiger partial charge in [-0.15, -0.1) is 11.3 Å². The number of sulfonamides is 2. The van der Waals surface area contributed by atoms with E-state index in [4.69, 9.17) is 0 Å². The summed E-state index contributed by atoms with van der Waals surface area (Å²) in [6, 6.07) is 5.36. The summed E-state index contributed by atoms with van der Waals surface area (Å²) in [5, 5.41) is 5.83. The average Bonchev–Trinajstić information content (AvgIpc) is 3.26. The van der Waals surface area contributed by atoms with E-state index in [1.165, 1.54) is 47.5 Å². The molecule has 0 spiro atoms. The van der Waals surface area contributed by atoms with Crippen LogP contribution in [-0.2, 0) is 26.6 Å². The largest absolute Gasteiger partial charge is 0.280 e. The van der Waals surface area contributed by atoms with E-state index in [9.17, 15) is 16.8 Å². The lowest BCUT2D eigenvalue weighted by atomic mass is 10.3. The van der Waals surface area contributed by atoms with Crippen LogP contribution in [0.3, 0.4) is 0 Å². The lowest BCUT2D eigenvalue weighted by Crippen LogP contribution is -2.14. The number of nitrogens with zero attached hydrogens (tertiary/aromatic N) is 3. The molecule has 26 heavy (non-hydrogen) atoms. The van der Waals surface area contributed by atoms with Gasteiger partial charge in [-0.2, -0.15) is 5.10 Å². The fourth-order valence-corrected chi connectivity index (χ4v) is 4.82. The third-order valence-electron chi connectivity index (χ3n) is 3.31. The fourth-order valence-electron chi connectivity index (χ4n) is 2.02. The van der Waals surface area contributed by atoms with E-state index in [1.807, 2.05) is 6.92 Å². The molecular weight excluding hydrogens is 398 g/mol. The van der Waals surface area contributed by atoms with Crippen molar-refractivity contribution in [3.05, 3.63) is 48.2 Å². The van der Waals surface area contributed by atoms with Gasteiger partial charge in [0, 0.05) is 30.0 Å². The minimum absolute atomic E-state index is 0.00514. The quantitative estimate of drug-likeness (QED) is 0.610. The second kappa shape index (κ2) is 7.05. The molecule has 138 valence electrons. The van der Waals surface area contributed by atoms with Gasteiger partial charge < -0.3 is 0 Å². The van der Waals surface area contributed by atoms with Crippen LogP contribution in [0.15, 0.2) is 58.0 Å². The van der Waals surface area contributed by atoms with Crippen LogP contribution in [0.25, 0.3) is 0 Å². The van der Waals surface area contributed by atoms with E-state index in [2.05, 4.69) is 19.5 Å². The zero-order valence-electron chi connectivity index (χ0n) is 13.5. The first-order valence-electron chi connectivity index (χ1n) is 7.38. The number of benzene rings is 1. The number of hydrogen-bond acceptors (Lipinski definition) is 7. The number of nitrogens with one attached hydrogen (secondary N) is 2. The van der Waals surface area contributed by atoms with Crippen LogP contribution >= 0.6 is 11.3 Å². The van der Waals surface area contributed by atoms with Gasteiger partial charge in [0.25, 0.3) is 20.0 Å². The molecule has 3 rings (SSSR count). The van der Waals surface area contributed by atoms with Crippen LogP contribution < -0.4 is 9.44 Å². The van der Waals surface area contributed by atoms with Crippen molar-refractivity contribution >= 4 is 42.2 Å². The lowest BCUT2D eigenvalue weighted by Gasteiger charge is -2.08. The molecule has 0 amide bonds. The molecule has 9 nitrogen and oxygen atoms in total. The molecule has 12 heteroatoms. The van der Waals surface area contributed by atoms with Gasteiger partial charge in [0.15, 0.2) is 5.13 Å². The van der Waals surface area contributed by atoms with E-state index < -0.39 is 20.0 Å². The smallest absolute Gasteiger partial charge is 0.265 e. The van der Waals surface area contributed by atoms with E-state index >= 15 is 0 Å². The Morgan fingerprint density at radius 2 is 1.73 bits per heavy atom. The Labute approximate surface area is 154 Å². The zero-order valence-corrected chi connectivity index (χ0v) is 16.0. The van der Waals surface area contributed by atoms with Gasteiger partial charge in [-0.1, -0.05) is 0 Å². The highest BCUT2D eigenvalue weighted by atomic mass is 32.2. The van der Waals surface area contributed by atoms with Gasteiger partial charge >= 0.3 is 0 Å². The number of rotatable bonds is 7. The molecule has 0 bridgehead atoms. The Morgan fingerprint density at radius 1 is 1.04 bits per heavy atom. The van der Waals surface area contributed by atoms with Gasteiger partial charge in [-0.25, -0.2) is 21.8 Å². The maximum atomic E-state index is 12.3. The third kappa shape index (κ3) is 4.03. The molecule has 3 aromatic rings. The summed E-state index contributed by atoms with van der Waals surface area (Å²) in [5.41, 5.74) is 0.238. The predicted octanol–water partition coefficient (Wildman–Crippen LogP) is 1.96. The van der Waals surface area contributed by atoms with Crippen molar-refractivity contribution in [3.63, 3.8) is 0 Å². The summed E-state index contributed by atoms with van der Waals surface area (Å²) in [4.78, 5) is 3.89. The molecule has 0 atom stereocenters. The first kappa shape index (κ1) is 18.4. The predicted molar refractivity (Wildman–Crippen MR) is 98.1 cm³/mol. The van der Waals surface area contributed by atoms with Crippen molar-refractivity contribution in [2.24, 2.45) is 0 Å². The Kier molecular flexibility index (Phi) is 4.98. The SMILES string of the molecule is CCn1cc(S(=O)(=O)Nc2ccc(S(=O)(=O)Nc3nccs3)cc2)cn1. The number of hydrogen-bond donors (Lipinski definition) is 2. The summed E-state index contributed by atoms with van der Waals surface area (Å²) in [6.45, 7) is 2.39. The van der Waals surface area contributed by atoms with Crippen molar-refractivity contribution in [2.75, 3.05) is 9.44 Å². The van der Waals surface area contributed by atoms with Crippen LogP contribution in [0, 0.1) is 0 Å². The summed E-state index contributed by atoms with van der Waals surface area (Å²) in [7, 11) is -7.59. The molecule has 0 saturated heterocycles. The van der Waals surface area contributed by atoms with Gasteiger partial charge in [0.1, 0.15) is 4.90 Å².